The van der Waals surface area contributed by atoms with Gasteiger partial charge < -0.3 is 10.1 Å². The number of H-pyrrole nitrogens is 1. The van der Waals surface area contributed by atoms with Crippen molar-refractivity contribution >= 4 is 5.71 Å². The zero-order valence-corrected chi connectivity index (χ0v) is 13.3. The van der Waals surface area contributed by atoms with Crippen LogP contribution < -0.4 is 0 Å². The Bertz CT molecular complexity index is 829. The van der Waals surface area contributed by atoms with E-state index in [9.17, 15) is 9.50 Å². The first-order valence-corrected chi connectivity index (χ1v) is 7.73. The van der Waals surface area contributed by atoms with Crippen LogP contribution in [0, 0.1) is 5.82 Å². The standard InChI is InChI=1S/C19H18FN3O/c1-13(10-15-11-21-12-22-15)23-18(14-6-3-2-4-7-14)16-8-5-9-17(20)19(16)24/h2-9,11-13,24H,10H2,1H3,(H,21,22)/t13-/m1/s1. The molecule has 3 rings (SSSR count). The third-order valence-corrected chi connectivity index (χ3v) is 3.71. The molecule has 0 unspecified atom stereocenters. The number of rotatable bonds is 5. The molecule has 5 heteroatoms. The summed E-state index contributed by atoms with van der Waals surface area (Å²) in [5.74, 6) is -1.04. The van der Waals surface area contributed by atoms with Crippen LogP contribution in [0.25, 0.3) is 0 Å². The van der Waals surface area contributed by atoms with Gasteiger partial charge in [0, 0.05) is 29.4 Å². The molecule has 0 saturated heterocycles. The molecule has 0 amide bonds. The fraction of sp³-hybridized carbons (Fsp3) is 0.158. The van der Waals surface area contributed by atoms with Gasteiger partial charge in [0.15, 0.2) is 11.6 Å². The van der Waals surface area contributed by atoms with Crippen molar-refractivity contribution in [1.82, 2.24) is 9.97 Å². The van der Waals surface area contributed by atoms with Crippen LogP contribution in [0.1, 0.15) is 23.7 Å². The number of phenols is 1. The number of hydrogen-bond acceptors (Lipinski definition) is 3. The monoisotopic (exact) mass is 323 g/mol. The van der Waals surface area contributed by atoms with Crippen molar-refractivity contribution in [2.75, 3.05) is 0 Å². The largest absolute Gasteiger partial charge is 0.504 e. The summed E-state index contributed by atoms with van der Waals surface area (Å²) in [5, 5.41) is 10.1. The molecule has 0 fully saturated rings. The molecule has 0 aliphatic rings. The Kier molecular flexibility index (Phi) is 4.70. The predicted octanol–water partition coefficient (Wildman–Crippen LogP) is 3.72. The highest BCUT2D eigenvalue weighted by molar-refractivity contribution is 6.14. The Hall–Kier alpha value is -2.95. The molecule has 3 aromatic rings. The van der Waals surface area contributed by atoms with Crippen molar-refractivity contribution in [1.29, 1.82) is 0 Å². The van der Waals surface area contributed by atoms with Crippen LogP contribution in [0.15, 0.2) is 66.0 Å². The molecule has 2 aromatic carbocycles. The first kappa shape index (κ1) is 15.9. The van der Waals surface area contributed by atoms with E-state index in [1.165, 1.54) is 6.07 Å². The van der Waals surface area contributed by atoms with Crippen molar-refractivity contribution in [3.05, 3.63) is 83.7 Å². The number of para-hydroxylation sites is 1. The third-order valence-electron chi connectivity index (χ3n) is 3.71. The number of aliphatic imine (C=N–C) groups is 1. The Morgan fingerprint density at radius 1 is 1.21 bits per heavy atom. The second-order valence-electron chi connectivity index (χ2n) is 5.61. The number of aromatic amines is 1. The lowest BCUT2D eigenvalue weighted by Crippen LogP contribution is -2.12. The minimum absolute atomic E-state index is 0.0664. The summed E-state index contributed by atoms with van der Waals surface area (Å²) in [7, 11) is 0. The Balaban J connectivity index is 2.02. The van der Waals surface area contributed by atoms with E-state index in [2.05, 4.69) is 9.97 Å². The number of hydrogen-bond donors (Lipinski definition) is 2. The first-order chi connectivity index (χ1) is 11.6. The zero-order chi connectivity index (χ0) is 16.9. The Labute approximate surface area is 139 Å². The molecule has 1 atom stereocenters. The summed E-state index contributed by atoms with van der Waals surface area (Å²) < 4.78 is 13.8. The van der Waals surface area contributed by atoms with Crippen molar-refractivity contribution in [2.45, 2.75) is 19.4 Å². The van der Waals surface area contributed by atoms with Crippen LogP contribution in [0.4, 0.5) is 4.39 Å². The number of halogens is 1. The second-order valence-corrected chi connectivity index (χ2v) is 5.61. The normalized spacial score (nSPS) is 13.0. The molecule has 0 radical (unpaired) electrons. The summed E-state index contributed by atoms with van der Waals surface area (Å²) in [4.78, 5) is 11.8. The van der Waals surface area contributed by atoms with E-state index in [1.54, 1.807) is 24.7 Å². The van der Waals surface area contributed by atoms with E-state index in [0.29, 0.717) is 17.7 Å². The smallest absolute Gasteiger partial charge is 0.165 e. The fourth-order valence-electron chi connectivity index (χ4n) is 2.58. The van der Waals surface area contributed by atoms with Crippen LogP contribution in [-0.2, 0) is 6.42 Å². The van der Waals surface area contributed by atoms with Gasteiger partial charge in [-0.2, -0.15) is 0 Å². The van der Waals surface area contributed by atoms with E-state index in [0.717, 1.165) is 11.3 Å². The molecule has 0 aliphatic heterocycles. The topological polar surface area (TPSA) is 61.3 Å². The van der Waals surface area contributed by atoms with Crippen molar-refractivity contribution in [3.8, 4) is 5.75 Å². The number of nitrogens with zero attached hydrogens (tertiary/aromatic N) is 2. The molecular weight excluding hydrogens is 305 g/mol. The van der Waals surface area contributed by atoms with Gasteiger partial charge in [0.25, 0.3) is 0 Å². The molecule has 1 heterocycles. The van der Waals surface area contributed by atoms with Gasteiger partial charge in [0.05, 0.1) is 18.1 Å². The Morgan fingerprint density at radius 3 is 2.71 bits per heavy atom. The van der Waals surface area contributed by atoms with Crippen molar-refractivity contribution < 1.29 is 9.50 Å². The van der Waals surface area contributed by atoms with E-state index in [4.69, 9.17) is 4.99 Å². The number of nitrogens with one attached hydrogen (secondary N) is 1. The summed E-state index contributed by atoms with van der Waals surface area (Å²) in [6, 6.07) is 13.9. The number of phenolic OH excluding ortho intramolecular Hbond substituents is 1. The van der Waals surface area contributed by atoms with Crippen LogP contribution in [-0.4, -0.2) is 26.8 Å². The summed E-state index contributed by atoms with van der Waals surface area (Å²) in [6.45, 7) is 1.97. The molecule has 0 saturated carbocycles. The maximum Gasteiger partial charge on any atom is 0.165 e. The van der Waals surface area contributed by atoms with Gasteiger partial charge in [-0.1, -0.05) is 36.4 Å². The second kappa shape index (κ2) is 7.08. The lowest BCUT2D eigenvalue weighted by Gasteiger charge is -2.13. The molecule has 0 aliphatic carbocycles. The van der Waals surface area contributed by atoms with Crippen molar-refractivity contribution in [2.24, 2.45) is 4.99 Å². The van der Waals surface area contributed by atoms with Gasteiger partial charge in [-0.05, 0) is 19.1 Å². The van der Waals surface area contributed by atoms with Crippen LogP contribution in [0.2, 0.25) is 0 Å². The zero-order valence-electron chi connectivity index (χ0n) is 13.3. The SMILES string of the molecule is C[C@H](Cc1cnc[nH]1)N=C(c1ccccc1)c1cccc(F)c1O. The summed E-state index contributed by atoms with van der Waals surface area (Å²) in [5.41, 5.74) is 2.76. The van der Waals surface area contributed by atoms with Crippen LogP contribution in [0.3, 0.4) is 0 Å². The van der Waals surface area contributed by atoms with E-state index >= 15 is 0 Å². The molecular formula is C19H18FN3O. The number of aromatic nitrogens is 2. The fourth-order valence-corrected chi connectivity index (χ4v) is 2.58. The highest BCUT2D eigenvalue weighted by Gasteiger charge is 2.16. The Morgan fingerprint density at radius 2 is 2.00 bits per heavy atom. The molecule has 0 bridgehead atoms. The number of imidazole rings is 1. The molecule has 24 heavy (non-hydrogen) atoms. The number of aromatic hydroxyl groups is 1. The third kappa shape index (κ3) is 3.51. The van der Waals surface area contributed by atoms with Crippen molar-refractivity contribution in [3.63, 3.8) is 0 Å². The van der Waals surface area contributed by atoms with Crippen LogP contribution >= 0.6 is 0 Å². The van der Waals surface area contributed by atoms with Gasteiger partial charge in [0.2, 0.25) is 0 Å². The highest BCUT2D eigenvalue weighted by atomic mass is 19.1. The molecule has 2 N–H and O–H groups in total. The highest BCUT2D eigenvalue weighted by Crippen LogP contribution is 2.25. The summed E-state index contributed by atoms with van der Waals surface area (Å²) >= 11 is 0. The molecule has 122 valence electrons. The average molecular weight is 323 g/mol. The van der Waals surface area contributed by atoms with Gasteiger partial charge in [-0.25, -0.2) is 9.37 Å². The number of benzene rings is 2. The maximum atomic E-state index is 13.8. The van der Waals surface area contributed by atoms with Gasteiger partial charge in [-0.15, -0.1) is 0 Å². The van der Waals surface area contributed by atoms with Crippen LogP contribution in [0.5, 0.6) is 5.75 Å². The minimum atomic E-state index is -0.655. The van der Waals surface area contributed by atoms with E-state index < -0.39 is 5.82 Å². The van der Waals surface area contributed by atoms with Gasteiger partial charge in [-0.3, -0.25) is 4.99 Å². The lowest BCUT2D eigenvalue weighted by molar-refractivity contribution is 0.431. The summed E-state index contributed by atoms with van der Waals surface area (Å²) in [6.07, 6.45) is 4.06. The van der Waals surface area contributed by atoms with Gasteiger partial charge >= 0.3 is 0 Å². The predicted molar refractivity (Wildman–Crippen MR) is 91.9 cm³/mol. The lowest BCUT2D eigenvalue weighted by atomic mass is 10.0. The molecule has 1 aromatic heterocycles. The quantitative estimate of drug-likeness (QED) is 0.703. The molecule has 4 nitrogen and oxygen atoms in total. The van der Waals surface area contributed by atoms with E-state index in [1.807, 2.05) is 37.3 Å². The average Bonchev–Trinajstić information content (AvgIpc) is 3.09. The first-order valence-electron chi connectivity index (χ1n) is 7.73. The maximum absolute atomic E-state index is 13.8. The van der Waals surface area contributed by atoms with Gasteiger partial charge in [0.1, 0.15) is 0 Å². The molecule has 0 spiro atoms. The van der Waals surface area contributed by atoms with E-state index in [-0.39, 0.29) is 11.8 Å². The minimum Gasteiger partial charge on any atom is -0.504 e.